The molecule has 0 atom stereocenters. The second kappa shape index (κ2) is 8.49. The molecule has 1 aromatic rings. The van der Waals surface area contributed by atoms with Crippen molar-refractivity contribution in [2.45, 2.75) is 6.92 Å². The zero-order valence-corrected chi connectivity index (χ0v) is 11.0. The van der Waals surface area contributed by atoms with Gasteiger partial charge in [0.25, 0.3) is 5.91 Å². The fourth-order valence-corrected chi connectivity index (χ4v) is 1.36. The molecule has 2 amide bonds. The van der Waals surface area contributed by atoms with E-state index in [-0.39, 0.29) is 18.3 Å². The molecule has 0 unspecified atom stereocenters. The molecule has 0 bridgehead atoms. The molecule has 1 rings (SSSR count). The Kier molecular flexibility index (Phi) is 7.74. The second-order valence-corrected chi connectivity index (χ2v) is 3.55. The molecule has 0 radical (unpaired) electrons. The number of hydrogen-bond acceptors (Lipinski definition) is 3. The molecule has 1 aromatic carbocycles. The number of nitrogens with one attached hydrogen (secondary N) is 2. The van der Waals surface area contributed by atoms with E-state index in [4.69, 9.17) is 5.73 Å². The third-order valence-electron chi connectivity index (χ3n) is 2.25. The van der Waals surface area contributed by atoms with Gasteiger partial charge in [0.2, 0.25) is 5.91 Å². The molecule has 0 aliphatic carbocycles. The molecule has 0 spiro atoms. The maximum atomic E-state index is 11.7. The lowest BCUT2D eigenvalue weighted by molar-refractivity contribution is 0.0954. The van der Waals surface area contributed by atoms with Crippen LogP contribution in [0.3, 0.4) is 0 Å². The Labute approximate surface area is 113 Å². The monoisotopic (exact) mass is 271 g/mol. The van der Waals surface area contributed by atoms with Crippen molar-refractivity contribution >= 4 is 24.2 Å². The summed E-state index contributed by atoms with van der Waals surface area (Å²) in [5.41, 5.74) is 5.92. The summed E-state index contributed by atoms with van der Waals surface area (Å²) in [6, 6.07) is 6.36. The number of likely N-dealkylation sites (N-methyl/N-ethyl adjacent to an activating group) is 1. The summed E-state index contributed by atoms with van der Waals surface area (Å²) in [6.45, 7) is 4.14. The van der Waals surface area contributed by atoms with Gasteiger partial charge in [-0.15, -0.1) is 12.4 Å². The Hall–Kier alpha value is -1.59. The number of amides is 2. The minimum atomic E-state index is -0.535. The fourth-order valence-electron chi connectivity index (χ4n) is 1.36. The van der Waals surface area contributed by atoms with Gasteiger partial charge in [0.1, 0.15) is 0 Å². The fraction of sp³-hybridized carbons (Fsp3) is 0.333. The minimum Gasteiger partial charge on any atom is -0.366 e. The maximum absolute atomic E-state index is 11.7. The Morgan fingerprint density at radius 1 is 1.22 bits per heavy atom. The molecule has 4 N–H and O–H groups in total. The van der Waals surface area contributed by atoms with Crippen molar-refractivity contribution < 1.29 is 9.59 Å². The molecule has 5 nitrogen and oxygen atoms in total. The van der Waals surface area contributed by atoms with E-state index >= 15 is 0 Å². The maximum Gasteiger partial charge on any atom is 0.251 e. The van der Waals surface area contributed by atoms with E-state index in [0.29, 0.717) is 17.7 Å². The third kappa shape index (κ3) is 5.16. The first-order valence-corrected chi connectivity index (χ1v) is 5.54. The lowest BCUT2D eigenvalue weighted by Crippen LogP contribution is -2.31. The summed E-state index contributed by atoms with van der Waals surface area (Å²) in [5.74, 6) is -0.738. The van der Waals surface area contributed by atoms with Gasteiger partial charge in [-0.2, -0.15) is 0 Å². The number of benzene rings is 1. The van der Waals surface area contributed by atoms with E-state index in [1.54, 1.807) is 18.2 Å². The first-order valence-electron chi connectivity index (χ1n) is 5.54. The molecule has 0 aliphatic rings. The number of primary amides is 1. The number of hydrogen-bond donors (Lipinski definition) is 3. The average Bonchev–Trinajstić information content (AvgIpc) is 2.34. The highest BCUT2D eigenvalue weighted by Crippen LogP contribution is 2.04. The van der Waals surface area contributed by atoms with Crippen LogP contribution in [-0.4, -0.2) is 31.4 Å². The van der Waals surface area contributed by atoms with E-state index in [9.17, 15) is 9.59 Å². The van der Waals surface area contributed by atoms with Crippen molar-refractivity contribution in [3.63, 3.8) is 0 Å². The van der Waals surface area contributed by atoms with Gasteiger partial charge in [-0.25, -0.2) is 0 Å². The second-order valence-electron chi connectivity index (χ2n) is 3.55. The number of carbonyl (C=O) groups is 2. The van der Waals surface area contributed by atoms with Gasteiger partial charge in [-0.05, 0) is 24.7 Å². The largest absolute Gasteiger partial charge is 0.366 e. The van der Waals surface area contributed by atoms with Crippen LogP contribution in [0, 0.1) is 0 Å². The van der Waals surface area contributed by atoms with Crippen molar-refractivity contribution in [2.75, 3.05) is 19.6 Å². The lowest BCUT2D eigenvalue weighted by Gasteiger charge is -2.06. The Bertz CT molecular complexity index is 410. The summed E-state index contributed by atoms with van der Waals surface area (Å²) >= 11 is 0. The van der Waals surface area contributed by atoms with Gasteiger partial charge in [-0.1, -0.05) is 13.0 Å². The zero-order chi connectivity index (χ0) is 12.7. The van der Waals surface area contributed by atoms with Crippen LogP contribution in [0.5, 0.6) is 0 Å². The number of carbonyl (C=O) groups excluding carboxylic acids is 2. The van der Waals surface area contributed by atoms with Crippen LogP contribution in [0.15, 0.2) is 24.3 Å². The molecule has 0 heterocycles. The van der Waals surface area contributed by atoms with Crippen LogP contribution in [0.2, 0.25) is 0 Å². The van der Waals surface area contributed by atoms with Crippen molar-refractivity contribution in [1.82, 2.24) is 10.6 Å². The molecule has 0 aliphatic heterocycles. The molecule has 6 heteroatoms. The summed E-state index contributed by atoms with van der Waals surface area (Å²) in [4.78, 5) is 22.6. The van der Waals surface area contributed by atoms with E-state index in [1.807, 2.05) is 6.92 Å². The molecule has 0 fully saturated rings. The van der Waals surface area contributed by atoms with Crippen molar-refractivity contribution in [2.24, 2.45) is 5.73 Å². The summed E-state index contributed by atoms with van der Waals surface area (Å²) in [5, 5.41) is 5.84. The summed E-state index contributed by atoms with van der Waals surface area (Å²) in [6.07, 6.45) is 0. The first kappa shape index (κ1) is 16.4. The van der Waals surface area contributed by atoms with Gasteiger partial charge in [0.15, 0.2) is 0 Å². The highest BCUT2D eigenvalue weighted by atomic mass is 35.5. The summed E-state index contributed by atoms with van der Waals surface area (Å²) in [7, 11) is 0. The Morgan fingerprint density at radius 2 is 1.89 bits per heavy atom. The Balaban J connectivity index is 0.00000289. The molecule has 0 aromatic heterocycles. The molecule has 100 valence electrons. The SMILES string of the molecule is CCNCCNC(=O)c1cccc(C(N)=O)c1.Cl. The average molecular weight is 272 g/mol. The van der Waals surface area contributed by atoms with Crippen LogP contribution in [0.4, 0.5) is 0 Å². The molecule has 0 saturated carbocycles. The molecular formula is C12H18ClN3O2. The highest BCUT2D eigenvalue weighted by Gasteiger charge is 2.07. The van der Waals surface area contributed by atoms with Gasteiger partial charge >= 0.3 is 0 Å². The van der Waals surface area contributed by atoms with E-state index in [1.165, 1.54) is 6.07 Å². The topological polar surface area (TPSA) is 84.2 Å². The number of nitrogens with two attached hydrogens (primary N) is 1. The van der Waals surface area contributed by atoms with Gasteiger partial charge in [0, 0.05) is 24.2 Å². The number of rotatable bonds is 6. The molecule has 0 saturated heterocycles. The van der Waals surface area contributed by atoms with Gasteiger partial charge in [-0.3, -0.25) is 9.59 Å². The zero-order valence-electron chi connectivity index (χ0n) is 10.2. The van der Waals surface area contributed by atoms with Gasteiger partial charge in [0.05, 0.1) is 0 Å². The van der Waals surface area contributed by atoms with Crippen molar-refractivity contribution in [3.8, 4) is 0 Å². The van der Waals surface area contributed by atoms with Crippen LogP contribution in [0.1, 0.15) is 27.6 Å². The van der Waals surface area contributed by atoms with Crippen molar-refractivity contribution in [3.05, 3.63) is 35.4 Å². The lowest BCUT2D eigenvalue weighted by atomic mass is 10.1. The standard InChI is InChI=1S/C12H17N3O2.ClH/c1-2-14-6-7-15-12(17)10-5-3-4-9(8-10)11(13)16;/h3-5,8,14H,2,6-7H2,1H3,(H2,13,16)(H,15,17);1H. The normalized spacial score (nSPS) is 9.39. The predicted molar refractivity (Wildman–Crippen MR) is 73.1 cm³/mol. The van der Waals surface area contributed by atoms with Crippen LogP contribution >= 0.6 is 12.4 Å². The minimum absolute atomic E-state index is 0. The Morgan fingerprint density at radius 3 is 2.50 bits per heavy atom. The van der Waals surface area contributed by atoms with E-state index in [0.717, 1.165) is 13.1 Å². The predicted octanol–water partition coefficient (Wildman–Crippen LogP) is 0.547. The van der Waals surface area contributed by atoms with Crippen LogP contribution in [0.25, 0.3) is 0 Å². The highest BCUT2D eigenvalue weighted by molar-refractivity contribution is 5.99. The quantitative estimate of drug-likeness (QED) is 0.661. The van der Waals surface area contributed by atoms with Crippen LogP contribution < -0.4 is 16.4 Å². The van der Waals surface area contributed by atoms with Crippen molar-refractivity contribution in [1.29, 1.82) is 0 Å². The van der Waals surface area contributed by atoms with E-state index < -0.39 is 5.91 Å². The third-order valence-corrected chi connectivity index (χ3v) is 2.25. The molecule has 18 heavy (non-hydrogen) atoms. The number of halogens is 1. The smallest absolute Gasteiger partial charge is 0.251 e. The van der Waals surface area contributed by atoms with Crippen LogP contribution in [-0.2, 0) is 0 Å². The summed E-state index contributed by atoms with van der Waals surface area (Å²) < 4.78 is 0. The van der Waals surface area contributed by atoms with Gasteiger partial charge < -0.3 is 16.4 Å². The van der Waals surface area contributed by atoms with E-state index in [2.05, 4.69) is 10.6 Å². The first-order chi connectivity index (χ1) is 8.15. The molecular weight excluding hydrogens is 254 g/mol.